The predicted octanol–water partition coefficient (Wildman–Crippen LogP) is 6.81. The van der Waals surface area contributed by atoms with Crippen molar-refractivity contribution in [3.63, 3.8) is 0 Å². The molecule has 0 fully saturated rings. The van der Waals surface area contributed by atoms with Gasteiger partial charge < -0.3 is 26.6 Å². The van der Waals surface area contributed by atoms with Crippen LogP contribution >= 0.6 is 12.2 Å². The fourth-order valence-corrected chi connectivity index (χ4v) is 5.17. The lowest BCUT2D eigenvalue weighted by molar-refractivity contribution is -0.110. The molecule has 2 amide bonds. The minimum absolute atomic E-state index is 0.118. The highest BCUT2D eigenvalue weighted by molar-refractivity contribution is 7.80. The lowest BCUT2D eigenvalue weighted by atomic mass is 9.98. The summed E-state index contributed by atoms with van der Waals surface area (Å²) in [6.07, 6.45) is 0.753. The maximum Gasteiger partial charge on any atom is 0.258 e. The number of rotatable bonds is 9. The van der Waals surface area contributed by atoms with Gasteiger partial charge in [-0.1, -0.05) is 67.6 Å². The molecule has 0 aliphatic carbocycles. The molecule has 4 aromatic rings. The highest BCUT2D eigenvalue weighted by Crippen LogP contribution is 2.38. The van der Waals surface area contributed by atoms with Crippen LogP contribution in [0.5, 0.6) is 0 Å². The summed E-state index contributed by atoms with van der Waals surface area (Å²) in [5.74, 6) is -0.432. The number of thiocarbonyl (C=S) groups is 1. The average molecular weight is 576 g/mol. The van der Waals surface area contributed by atoms with Crippen LogP contribution in [0.3, 0.4) is 0 Å². The maximum atomic E-state index is 13.4. The van der Waals surface area contributed by atoms with Gasteiger partial charge in [0.05, 0.1) is 17.3 Å². The minimum Gasteiger partial charge on any atom is -0.363 e. The molecule has 5 N–H and O–H groups in total. The molecule has 0 unspecified atom stereocenters. The smallest absolute Gasteiger partial charge is 0.258 e. The Hall–Kier alpha value is -4.95. The van der Waals surface area contributed by atoms with Crippen molar-refractivity contribution in [3.8, 4) is 0 Å². The number of anilines is 3. The largest absolute Gasteiger partial charge is 0.363 e. The van der Waals surface area contributed by atoms with Crippen molar-refractivity contribution in [2.75, 3.05) is 22.5 Å². The van der Waals surface area contributed by atoms with E-state index in [1.807, 2.05) is 98.8 Å². The Morgan fingerprint density at radius 1 is 0.810 bits per heavy atom. The molecule has 42 heavy (non-hydrogen) atoms. The summed E-state index contributed by atoms with van der Waals surface area (Å²) >= 11 is 5.29. The van der Waals surface area contributed by atoms with E-state index in [0.29, 0.717) is 33.2 Å². The number of benzene rings is 4. The highest BCUT2D eigenvalue weighted by atomic mass is 32.1. The lowest BCUT2D eigenvalue weighted by Crippen LogP contribution is -2.28. The Kier molecular flexibility index (Phi) is 8.94. The van der Waals surface area contributed by atoms with Crippen molar-refractivity contribution in [1.29, 1.82) is 0 Å². The van der Waals surface area contributed by atoms with E-state index in [1.165, 1.54) is 0 Å². The normalized spacial score (nSPS) is 13.8. The first-order valence-corrected chi connectivity index (χ1v) is 14.4. The van der Waals surface area contributed by atoms with Crippen LogP contribution in [0.2, 0.25) is 0 Å². The second kappa shape index (κ2) is 13.1. The minimum atomic E-state index is -0.237. The third kappa shape index (κ3) is 6.50. The van der Waals surface area contributed by atoms with E-state index in [1.54, 1.807) is 18.2 Å². The molecule has 5 rings (SSSR count). The number of hydrogen-bond donors (Lipinski definition) is 5. The Labute approximate surface area is 251 Å². The van der Waals surface area contributed by atoms with Crippen LogP contribution in [0.25, 0.3) is 11.3 Å². The molecule has 8 heteroatoms. The monoisotopic (exact) mass is 575 g/mol. The van der Waals surface area contributed by atoms with Crippen LogP contribution in [0.15, 0.2) is 103 Å². The number of hydrogen-bond acceptors (Lipinski definition) is 4. The van der Waals surface area contributed by atoms with E-state index in [9.17, 15) is 9.59 Å². The first-order chi connectivity index (χ1) is 20.5. The Morgan fingerprint density at radius 3 is 2.10 bits per heavy atom. The zero-order valence-electron chi connectivity index (χ0n) is 23.5. The molecule has 0 spiro atoms. The van der Waals surface area contributed by atoms with E-state index in [0.717, 1.165) is 35.5 Å². The predicted molar refractivity (Wildman–Crippen MR) is 175 cm³/mol. The Bertz CT molecular complexity index is 1620. The topological polar surface area (TPSA) is 94.3 Å². The van der Waals surface area contributed by atoms with Crippen molar-refractivity contribution in [1.82, 2.24) is 10.6 Å². The first-order valence-electron chi connectivity index (χ1n) is 14.0. The summed E-state index contributed by atoms with van der Waals surface area (Å²) in [5.41, 5.74) is 6.46. The fourth-order valence-electron chi connectivity index (χ4n) is 4.91. The second-order valence-electron chi connectivity index (χ2n) is 9.86. The van der Waals surface area contributed by atoms with Crippen LogP contribution in [0.4, 0.5) is 17.1 Å². The molecular weight excluding hydrogens is 542 g/mol. The molecule has 1 heterocycles. The molecule has 1 atom stereocenters. The number of fused-ring (bicyclic) bond motifs is 1. The average Bonchev–Trinajstić information content (AvgIpc) is 3.35. The van der Waals surface area contributed by atoms with Crippen LogP contribution in [-0.4, -0.2) is 23.5 Å². The summed E-state index contributed by atoms with van der Waals surface area (Å²) in [6, 6.07) is 32.5. The molecule has 0 bridgehead atoms. The van der Waals surface area contributed by atoms with Gasteiger partial charge in [0, 0.05) is 34.7 Å². The van der Waals surface area contributed by atoms with E-state index in [2.05, 4.69) is 26.6 Å². The molecule has 212 valence electrons. The molecule has 7 nitrogen and oxygen atoms in total. The summed E-state index contributed by atoms with van der Waals surface area (Å²) in [4.78, 5) is 26.8. The SMILES string of the molecule is CCNC(=S)Nc1ccc(N/C(=C2\C(=O)Nc3ccc(C(=O)N[C@@H](CC)c4ccccc4)cc32)c2ccccc2)cc1. The lowest BCUT2D eigenvalue weighted by Gasteiger charge is -2.18. The third-order valence-corrected chi connectivity index (χ3v) is 7.25. The van der Waals surface area contributed by atoms with Crippen molar-refractivity contribution in [2.45, 2.75) is 26.3 Å². The number of amides is 2. The zero-order valence-corrected chi connectivity index (χ0v) is 24.3. The van der Waals surface area contributed by atoms with Gasteiger partial charge in [0.25, 0.3) is 11.8 Å². The van der Waals surface area contributed by atoms with Crippen LogP contribution < -0.4 is 26.6 Å². The maximum absolute atomic E-state index is 13.4. The van der Waals surface area contributed by atoms with E-state index in [-0.39, 0.29) is 17.9 Å². The van der Waals surface area contributed by atoms with Gasteiger partial charge in [0.15, 0.2) is 5.11 Å². The standard InChI is InChI=1S/C34H33N5O2S/c1-3-28(22-11-7-5-8-12-22)38-32(40)24-15-20-29-27(21-24)30(33(41)39-29)31(23-13-9-6-10-14-23)36-25-16-18-26(19-17-25)37-34(42)35-4-2/h5-21,28,36H,3-4H2,1-2H3,(H,38,40)(H,39,41)(H2,35,37,42)/b31-30-/t28-/m0/s1. The number of nitrogens with one attached hydrogen (secondary N) is 5. The van der Waals surface area contributed by atoms with Crippen LogP contribution in [0, 0.1) is 0 Å². The molecule has 0 radical (unpaired) electrons. The van der Waals surface area contributed by atoms with Crippen molar-refractivity contribution in [3.05, 3.63) is 125 Å². The zero-order chi connectivity index (χ0) is 29.5. The Morgan fingerprint density at radius 2 is 1.45 bits per heavy atom. The molecule has 0 aromatic heterocycles. The molecule has 0 saturated carbocycles. The Balaban J connectivity index is 1.48. The second-order valence-corrected chi connectivity index (χ2v) is 10.3. The summed E-state index contributed by atoms with van der Waals surface area (Å²) in [6.45, 7) is 4.76. The van der Waals surface area contributed by atoms with Gasteiger partial charge in [0.2, 0.25) is 0 Å². The quantitative estimate of drug-likeness (QED) is 0.111. The summed E-state index contributed by atoms with van der Waals surface area (Å²) in [5, 5.41) is 16.4. The van der Waals surface area contributed by atoms with Crippen LogP contribution in [-0.2, 0) is 4.79 Å². The van der Waals surface area contributed by atoms with E-state index >= 15 is 0 Å². The van der Waals surface area contributed by atoms with Crippen molar-refractivity contribution < 1.29 is 9.59 Å². The molecule has 4 aromatic carbocycles. The van der Waals surface area contributed by atoms with Crippen molar-refractivity contribution >= 4 is 57.5 Å². The fraction of sp³-hybridized carbons (Fsp3) is 0.147. The molecule has 0 saturated heterocycles. The van der Waals surface area contributed by atoms with Gasteiger partial charge >= 0.3 is 0 Å². The third-order valence-electron chi connectivity index (χ3n) is 7.00. The van der Waals surface area contributed by atoms with Gasteiger partial charge in [-0.15, -0.1) is 0 Å². The van der Waals surface area contributed by atoms with Gasteiger partial charge in [-0.3, -0.25) is 9.59 Å². The van der Waals surface area contributed by atoms with E-state index < -0.39 is 0 Å². The summed E-state index contributed by atoms with van der Waals surface area (Å²) < 4.78 is 0. The molecule has 1 aliphatic rings. The molecular formula is C34H33N5O2S. The number of carbonyl (C=O) groups excluding carboxylic acids is 2. The first kappa shape index (κ1) is 28.6. The van der Waals surface area contributed by atoms with Gasteiger partial charge in [-0.25, -0.2) is 0 Å². The highest BCUT2D eigenvalue weighted by Gasteiger charge is 2.29. The van der Waals surface area contributed by atoms with Crippen molar-refractivity contribution in [2.24, 2.45) is 0 Å². The van der Waals surface area contributed by atoms with Crippen LogP contribution in [0.1, 0.15) is 53.4 Å². The molecule has 1 aliphatic heterocycles. The number of carbonyl (C=O) groups is 2. The van der Waals surface area contributed by atoms with E-state index in [4.69, 9.17) is 12.2 Å². The summed E-state index contributed by atoms with van der Waals surface area (Å²) in [7, 11) is 0. The van der Waals surface area contributed by atoms with Gasteiger partial charge in [-0.05, 0) is 79.2 Å². The van der Waals surface area contributed by atoms with Gasteiger partial charge in [-0.2, -0.15) is 0 Å². The van der Waals surface area contributed by atoms with Gasteiger partial charge in [0.1, 0.15) is 0 Å².